The van der Waals surface area contributed by atoms with E-state index >= 15 is 0 Å². The van der Waals surface area contributed by atoms with E-state index in [1.807, 2.05) is 25.1 Å². The van der Waals surface area contributed by atoms with Crippen LogP contribution in [0.15, 0.2) is 18.2 Å². The van der Waals surface area contributed by atoms with Crippen molar-refractivity contribution in [2.75, 3.05) is 13.2 Å². The molecule has 1 aliphatic heterocycles. The zero-order valence-corrected chi connectivity index (χ0v) is 12.3. The van der Waals surface area contributed by atoms with Crippen LogP contribution in [0.4, 0.5) is 0 Å². The molecule has 4 rings (SSSR count). The summed E-state index contributed by atoms with van der Waals surface area (Å²) in [5.41, 5.74) is 1.07. The van der Waals surface area contributed by atoms with Gasteiger partial charge in [0.25, 0.3) is 0 Å². The van der Waals surface area contributed by atoms with Crippen LogP contribution in [0.1, 0.15) is 37.8 Å². The van der Waals surface area contributed by atoms with Crippen molar-refractivity contribution in [1.82, 2.24) is 5.32 Å². The molecular formula is C17H21NO3. The Labute approximate surface area is 124 Å². The van der Waals surface area contributed by atoms with E-state index in [1.165, 1.54) is 6.42 Å². The van der Waals surface area contributed by atoms with Crippen molar-refractivity contribution in [2.24, 2.45) is 17.8 Å². The van der Waals surface area contributed by atoms with Crippen LogP contribution < -0.4 is 14.8 Å². The molecule has 2 aliphatic carbocycles. The largest absolute Gasteiger partial charge is 0.486 e. The molecule has 21 heavy (non-hydrogen) atoms. The second kappa shape index (κ2) is 4.93. The molecule has 112 valence electrons. The minimum Gasteiger partial charge on any atom is -0.486 e. The van der Waals surface area contributed by atoms with Gasteiger partial charge in [-0.1, -0.05) is 6.07 Å². The molecule has 1 amide bonds. The van der Waals surface area contributed by atoms with Crippen molar-refractivity contribution in [2.45, 2.75) is 32.2 Å². The predicted octanol–water partition coefficient (Wildman–Crippen LogP) is 2.68. The zero-order chi connectivity index (χ0) is 14.4. The first-order valence-electron chi connectivity index (χ1n) is 7.90. The van der Waals surface area contributed by atoms with Gasteiger partial charge in [-0.3, -0.25) is 4.79 Å². The van der Waals surface area contributed by atoms with Gasteiger partial charge in [0.15, 0.2) is 11.5 Å². The Morgan fingerprint density at radius 2 is 1.86 bits per heavy atom. The van der Waals surface area contributed by atoms with E-state index in [-0.39, 0.29) is 17.9 Å². The Morgan fingerprint density at radius 1 is 1.14 bits per heavy atom. The summed E-state index contributed by atoms with van der Waals surface area (Å²) in [6, 6.07) is 5.91. The van der Waals surface area contributed by atoms with Gasteiger partial charge in [0.1, 0.15) is 13.2 Å². The lowest BCUT2D eigenvalue weighted by molar-refractivity contribution is -0.125. The number of carbonyl (C=O) groups is 1. The van der Waals surface area contributed by atoms with Crippen molar-refractivity contribution in [3.05, 3.63) is 23.8 Å². The fourth-order valence-electron chi connectivity index (χ4n) is 3.67. The van der Waals surface area contributed by atoms with E-state index in [2.05, 4.69) is 5.32 Å². The molecule has 0 aromatic heterocycles. The first kappa shape index (κ1) is 13.0. The Morgan fingerprint density at radius 3 is 2.62 bits per heavy atom. The van der Waals surface area contributed by atoms with Crippen LogP contribution in [0.25, 0.3) is 0 Å². The fraction of sp³-hybridized carbons (Fsp3) is 0.588. The first-order chi connectivity index (χ1) is 10.2. The zero-order valence-electron chi connectivity index (χ0n) is 12.3. The maximum absolute atomic E-state index is 12.3. The molecule has 0 bridgehead atoms. The van der Waals surface area contributed by atoms with Gasteiger partial charge in [0.05, 0.1) is 6.04 Å². The van der Waals surface area contributed by atoms with Crippen LogP contribution in [0.3, 0.4) is 0 Å². The van der Waals surface area contributed by atoms with Gasteiger partial charge in [0.2, 0.25) is 5.91 Å². The third kappa shape index (κ3) is 2.47. The van der Waals surface area contributed by atoms with E-state index in [9.17, 15) is 4.79 Å². The molecule has 4 heteroatoms. The molecule has 1 heterocycles. The van der Waals surface area contributed by atoms with Crippen LogP contribution in [-0.2, 0) is 4.79 Å². The van der Waals surface area contributed by atoms with E-state index < -0.39 is 0 Å². The molecule has 1 aromatic carbocycles. The van der Waals surface area contributed by atoms with E-state index in [1.54, 1.807) is 0 Å². The monoisotopic (exact) mass is 287 g/mol. The third-order valence-corrected chi connectivity index (χ3v) is 5.04. The van der Waals surface area contributed by atoms with Crippen LogP contribution in [0.2, 0.25) is 0 Å². The van der Waals surface area contributed by atoms with Gasteiger partial charge in [-0.2, -0.15) is 0 Å². The summed E-state index contributed by atoms with van der Waals surface area (Å²) < 4.78 is 11.1. The molecule has 3 aliphatic rings. The smallest absolute Gasteiger partial charge is 0.223 e. The van der Waals surface area contributed by atoms with Gasteiger partial charge < -0.3 is 14.8 Å². The number of fused-ring (bicyclic) bond motifs is 2. The first-order valence-corrected chi connectivity index (χ1v) is 7.90. The number of hydrogen-bond donors (Lipinski definition) is 1. The summed E-state index contributed by atoms with van der Waals surface area (Å²) in [5.74, 6) is 3.69. The Balaban J connectivity index is 1.42. The molecule has 2 fully saturated rings. The van der Waals surface area contributed by atoms with Gasteiger partial charge in [-0.25, -0.2) is 0 Å². The van der Waals surface area contributed by atoms with E-state index in [0.29, 0.717) is 13.2 Å². The maximum atomic E-state index is 12.3. The van der Waals surface area contributed by atoms with Crippen LogP contribution in [0.5, 0.6) is 11.5 Å². The number of nitrogens with one attached hydrogen (secondary N) is 1. The Hall–Kier alpha value is -1.71. The molecule has 1 N–H and O–H groups in total. The highest BCUT2D eigenvalue weighted by Gasteiger charge is 2.48. The standard InChI is InChI=1S/C17H21NO3/c1-10(18-17(19)14-7-12-6-13(12)8-14)11-2-3-15-16(9-11)21-5-4-20-15/h2-3,9-10,12-14H,4-8H2,1H3,(H,18,19). The molecule has 1 aromatic rings. The van der Waals surface area contributed by atoms with Gasteiger partial charge in [-0.15, -0.1) is 0 Å². The van der Waals surface area contributed by atoms with Crippen molar-refractivity contribution in [3.63, 3.8) is 0 Å². The predicted molar refractivity (Wildman–Crippen MR) is 78.3 cm³/mol. The van der Waals surface area contributed by atoms with E-state index in [4.69, 9.17) is 9.47 Å². The summed E-state index contributed by atoms with van der Waals surface area (Å²) in [6.07, 6.45) is 3.52. The van der Waals surface area contributed by atoms with Gasteiger partial charge in [0, 0.05) is 5.92 Å². The normalized spacial score (nSPS) is 30.4. The molecule has 3 unspecified atom stereocenters. The number of rotatable bonds is 3. The summed E-state index contributed by atoms with van der Waals surface area (Å²) >= 11 is 0. The molecule has 0 radical (unpaired) electrons. The quantitative estimate of drug-likeness (QED) is 0.929. The molecule has 0 spiro atoms. The summed E-state index contributed by atoms with van der Waals surface area (Å²) in [7, 11) is 0. The Bertz CT molecular complexity index is 561. The number of hydrogen-bond acceptors (Lipinski definition) is 3. The van der Waals surface area contributed by atoms with Crippen molar-refractivity contribution in [1.29, 1.82) is 0 Å². The topological polar surface area (TPSA) is 47.6 Å². The number of carbonyl (C=O) groups excluding carboxylic acids is 1. The molecule has 3 atom stereocenters. The second-order valence-corrected chi connectivity index (χ2v) is 6.56. The highest BCUT2D eigenvalue weighted by atomic mass is 16.6. The highest BCUT2D eigenvalue weighted by Crippen LogP contribution is 2.54. The summed E-state index contributed by atoms with van der Waals surface area (Å²) in [4.78, 5) is 12.3. The molecule has 4 nitrogen and oxygen atoms in total. The summed E-state index contributed by atoms with van der Waals surface area (Å²) in [6.45, 7) is 3.21. The minimum atomic E-state index is 0.00486. The Kier molecular flexibility index (Phi) is 3.05. The summed E-state index contributed by atoms with van der Waals surface area (Å²) in [5, 5.41) is 3.15. The average molecular weight is 287 g/mol. The number of ether oxygens (including phenoxy) is 2. The lowest BCUT2D eigenvalue weighted by Crippen LogP contribution is -2.32. The van der Waals surface area contributed by atoms with Gasteiger partial charge >= 0.3 is 0 Å². The molecule has 2 saturated carbocycles. The van der Waals surface area contributed by atoms with Crippen molar-refractivity contribution >= 4 is 5.91 Å². The molecule has 0 saturated heterocycles. The lowest BCUT2D eigenvalue weighted by Gasteiger charge is -2.22. The third-order valence-electron chi connectivity index (χ3n) is 5.04. The number of benzene rings is 1. The van der Waals surface area contributed by atoms with Crippen LogP contribution in [-0.4, -0.2) is 19.1 Å². The highest BCUT2D eigenvalue weighted by molar-refractivity contribution is 5.79. The fourth-order valence-corrected chi connectivity index (χ4v) is 3.67. The maximum Gasteiger partial charge on any atom is 0.223 e. The SMILES string of the molecule is CC(NC(=O)C1CC2CC2C1)c1ccc2c(c1)OCCO2. The van der Waals surface area contributed by atoms with Crippen molar-refractivity contribution < 1.29 is 14.3 Å². The van der Waals surface area contributed by atoms with Gasteiger partial charge in [-0.05, 0) is 55.7 Å². The number of amides is 1. The lowest BCUT2D eigenvalue weighted by atomic mass is 10.0. The van der Waals surface area contributed by atoms with E-state index in [0.717, 1.165) is 41.7 Å². The second-order valence-electron chi connectivity index (χ2n) is 6.56. The minimum absolute atomic E-state index is 0.00486. The van der Waals surface area contributed by atoms with Crippen LogP contribution >= 0.6 is 0 Å². The van der Waals surface area contributed by atoms with Crippen LogP contribution in [0, 0.1) is 17.8 Å². The molecular weight excluding hydrogens is 266 g/mol. The average Bonchev–Trinajstić information content (AvgIpc) is 3.12. The van der Waals surface area contributed by atoms with Crippen molar-refractivity contribution in [3.8, 4) is 11.5 Å².